The fourth-order valence-electron chi connectivity index (χ4n) is 2.28. The highest BCUT2D eigenvalue weighted by molar-refractivity contribution is 7.18. The Morgan fingerprint density at radius 2 is 1.20 bits per heavy atom. The summed E-state index contributed by atoms with van der Waals surface area (Å²) >= 11 is 1.85. The average Bonchev–Trinajstić information content (AvgIpc) is 2.98. The Hall–Kier alpha value is -1.86. The fourth-order valence-corrected chi connectivity index (χ4v) is 3.30. The minimum Gasteiger partial charge on any atom is -0.135 e. The standard InChI is InChI=1S/C19H18S/c1-14(2)15-8-10-17(11-9-15)19-13-12-18(20-19)16-6-4-3-5-7-16/h3-14H,1-2H3. The van der Waals surface area contributed by atoms with Crippen LogP contribution in [0.25, 0.3) is 20.9 Å². The molecule has 0 fully saturated rings. The van der Waals surface area contributed by atoms with E-state index in [4.69, 9.17) is 0 Å². The first kappa shape index (κ1) is 13.1. The molecular weight excluding hydrogens is 260 g/mol. The molecule has 0 unspecified atom stereocenters. The lowest BCUT2D eigenvalue weighted by atomic mass is 10.0. The quantitative estimate of drug-likeness (QED) is 0.534. The molecule has 0 bridgehead atoms. The lowest BCUT2D eigenvalue weighted by molar-refractivity contribution is 0.867. The van der Waals surface area contributed by atoms with E-state index in [0.717, 1.165) is 0 Å². The summed E-state index contributed by atoms with van der Waals surface area (Å²) in [5.41, 5.74) is 4.00. The van der Waals surface area contributed by atoms with E-state index in [2.05, 4.69) is 80.6 Å². The van der Waals surface area contributed by atoms with Crippen molar-refractivity contribution in [3.63, 3.8) is 0 Å². The van der Waals surface area contributed by atoms with Crippen molar-refractivity contribution < 1.29 is 0 Å². The maximum absolute atomic E-state index is 2.24. The Morgan fingerprint density at radius 1 is 0.650 bits per heavy atom. The molecule has 0 nitrogen and oxygen atoms in total. The second-order valence-electron chi connectivity index (χ2n) is 5.31. The molecule has 0 spiro atoms. The third-order valence-electron chi connectivity index (χ3n) is 3.53. The normalized spacial score (nSPS) is 10.9. The maximum atomic E-state index is 2.24. The van der Waals surface area contributed by atoms with Gasteiger partial charge in [-0.2, -0.15) is 0 Å². The van der Waals surface area contributed by atoms with Crippen molar-refractivity contribution in [2.75, 3.05) is 0 Å². The van der Waals surface area contributed by atoms with E-state index in [-0.39, 0.29) is 0 Å². The first-order chi connectivity index (χ1) is 9.74. The lowest BCUT2D eigenvalue weighted by Gasteiger charge is -2.05. The number of hydrogen-bond acceptors (Lipinski definition) is 1. The van der Waals surface area contributed by atoms with E-state index < -0.39 is 0 Å². The van der Waals surface area contributed by atoms with E-state index in [1.54, 1.807) is 0 Å². The van der Waals surface area contributed by atoms with Gasteiger partial charge in [-0.15, -0.1) is 11.3 Å². The van der Waals surface area contributed by atoms with Gasteiger partial charge in [-0.1, -0.05) is 68.4 Å². The molecule has 0 aliphatic heterocycles. The summed E-state index contributed by atoms with van der Waals surface area (Å²) in [7, 11) is 0. The molecule has 0 radical (unpaired) electrons. The van der Waals surface area contributed by atoms with Crippen molar-refractivity contribution in [1.29, 1.82) is 0 Å². The van der Waals surface area contributed by atoms with Gasteiger partial charge in [0.1, 0.15) is 0 Å². The van der Waals surface area contributed by atoms with Gasteiger partial charge in [0.25, 0.3) is 0 Å². The van der Waals surface area contributed by atoms with Crippen LogP contribution in [0, 0.1) is 0 Å². The fraction of sp³-hybridized carbons (Fsp3) is 0.158. The zero-order valence-corrected chi connectivity index (χ0v) is 12.7. The molecule has 20 heavy (non-hydrogen) atoms. The van der Waals surface area contributed by atoms with Gasteiger partial charge in [-0.3, -0.25) is 0 Å². The second kappa shape index (κ2) is 5.64. The van der Waals surface area contributed by atoms with Crippen molar-refractivity contribution in [1.82, 2.24) is 0 Å². The Labute approximate surface area is 124 Å². The first-order valence-electron chi connectivity index (χ1n) is 6.99. The first-order valence-corrected chi connectivity index (χ1v) is 7.81. The molecule has 0 aliphatic carbocycles. The predicted molar refractivity (Wildman–Crippen MR) is 89.3 cm³/mol. The van der Waals surface area contributed by atoms with Gasteiger partial charge in [0.05, 0.1) is 0 Å². The van der Waals surface area contributed by atoms with E-state index in [9.17, 15) is 0 Å². The minimum absolute atomic E-state index is 0.590. The third-order valence-corrected chi connectivity index (χ3v) is 4.71. The van der Waals surface area contributed by atoms with Gasteiger partial charge in [0, 0.05) is 9.75 Å². The summed E-state index contributed by atoms with van der Waals surface area (Å²) < 4.78 is 0. The largest absolute Gasteiger partial charge is 0.135 e. The summed E-state index contributed by atoms with van der Waals surface area (Å²) in [6.45, 7) is 4.46. The summed E-state index contributed by atoms with van der Waals surface area (Å²) in [6.07, 6.45) is 0. The zero-order chi connectivity index (χ0) is 13.9. The van der Waals surface area contributed by atoms with Gasteiger partial charge >= 0.3 is 0 Å². The van der Waals surface area contributed by atoms with Crippen LogP contribution in [-0.2, 0) is 0 Å². The van der Waals surface area contributed by atoms with E-state index in [1.807, 2.05) is 11.3 Å². The minimum atomic E-state index is 0.590. The van der Waals surface area contributed by atoms with Crippen LogP contribution in [-0.4, -0.2) is 0 Å². The van der Waals surface area contributed by atoms with Crippen molar-refractivity contribution >= 4 is 11.3 Å². The molecule has 1 aromatic heterocycles. The maximum Gasteiger partial charge on any atom is 0.0349 e. The molecule has 0 aliphatic rings. The molecule has 100 valence electrons. The van der Waals surface area contributed by atoms with Crippen LogP contribution in [0.3, 0.4) is 0 Å². The van der Waals surface area contributed by atoms with E-state index in [1.165, 1.54) is 26.4 Å². The zero-order valence-electron chi connectivity index (χ0n) is 11.8. The number of thiophene rings is 1. The molecule has 0 atom stereocenters. The molecule has 0 saturated carbocycles. The lowest BCUT2D eigenvalue weighted by Crippen LogP contribution is -1.85. The monoisotopic (exact) mass is 278 g/mol. The second-order valence-corrected chi connectivity index (χ2v) is 6.39. The highest BCUT2D eigenvalue weighted by Crippen LogP contribution is 2.34. The van der Waals surface area contributed by atoms with Crippen LogP contribution < -0.4 is 0 Å². The van der Waals surface area contributed by atoms with E-state index in [0.29, 0.717) is 5.92 Å². The molecule has 0 amide bonds. The van der Waals surface area contributed by atoms with Crippen LogP contribution in [0.4, 0.5) is 0 Å². The van der Waals surface area contributed by atoms with Crippen LogP contribution in [0.2, 0.25) is 0 Å². The molecule has 2 aromatic carbocycles. The van der Waals surface area contributed by atoms with Gasteiger partial charge in [0.2, 0.25) is 0 Å². The van der Waals surface area contributed by atoms with Crippen LogP contribution >= 0.6 is 11.3 Å². The Bertz CT molecular complexity index is 675. The summed E-state index contributed by atoms with van der Waals surface area (Å²) in [5, 5.41) is 0. The number of hydrogen-bond donors (Lipinski definition) is 0. The molecule has 0 saturated heterocycles. The van der Waals surface area contributed by atoms with Gasteiger partial charge in [-0.05, 0) is 34.7 Å². The van der Waals surface area contributed by atoms with E-state index >= 15 is 0 Å². The number of rotatable bonds is 3. The van der Waals surface area contributed by atoms with Gasteiger partial charge in [0.15, 0.2) is 0 Å². The third kappa shape index (κ3) is 2.68. The van der Waals surface area contributed by atoms with Crippen LogP contribution in [0.5, 0.6) is 0 Å². The van der Waals surface area contributed by atoms with Crippen molar-refractivity contribution in [3.05, 3.63) is 72.3 Å². The van der Waals surface area contributed by atoms with Crippen molar-refractivity contribution in [2.45, 2.75) is 19.8 Å². The highest BCUT2D eigenvalue weighted by Gasteiger charge is 2.05. The molecule has 3 aromatic rings. The highest BCUT2D eigenvalue weighted by atomic mass is 32.1. The predicted octanol–water partition coefficient (Wildman–Crippen LogP) is 6.21. The molecule has 1 heterocycles. The Kier molecular flexibility index (Phi) is 3.70. The summed E-state index contributed by atoms with van der Waals surface area (Å²) in [4.78, 5) is 2.66. The van der Waals surface area contributed by atoms with Crippen molar-refractivity contribution in [2.24, 2.45) is 0 Å². The Morgan fingerprint density at radius 3 is 1.75 bits per heavy atom. The summed E-state index contributed by atoms with van der Waals surface area (Å²) in [6, 6.07) is 23.9. The Balaban J connectivity index is 1.90. The van der Waals surface area contributed by atoms with Crippen molar-refractivity contribution in [3.8, 4) is 20.9 Å². The number of benzene rings is 2. The SMILES string of the molecule is CC(C)c1ccc(-c2ccc(-c3ccccc3)s2)cc1. The molecular formula is C19H18S. The average molecular weight is 278 g/mol. The van der Waals surface area contributed by atoms with Crippen LogP contribution in [0.15, 0.2) is 66.7 Å². The van der Waals surface area contributed by atoms with Gasteiger partial charge < -0.3 is 0 Å². The van der Waals surface area contributed by atoms with Crippen LogP contribution in [0.1, 0.15) is 25.3 Å². The molecule has 1 heteroatoms. The summed E-state index contributed by atoms with van der Waals surface area (Å²) in [5.74, 6) is 0.590. The topological polar surface area (TPSA) is 0 Å². The van der Waals surface area contributed by atoms with Gasteiger partial charge in [-0.25, -0.2) is 0 Å². The molecule has 3 rings (SSSR count). The molecule has 0 N–H and O–H groups in total. The smallest absolute Gasteiger partial charge is 0.0349 e.